The molecule has 1 saturated carbocycles. The number of carboxylic acids is 1. The lowest BCUT2D eigenvalue weighted by Gasteiger charge is -2.29. The molecule has 0 unspecified atom stereocenters. The van der Waals surface area contributed by atoms with Crippen LogP contribution >= 0.6 is 0 Å². The predicted molar refractivity (Wildman–Crippen MR) is 87.7 cm³/mol. The standard InChI is InChI=1S/C18H25NO2/c1-14-12-15(9-11-18(20)21)8-10-17(14)19(2)13-16-6-4-3-5-7-16/h8-12,16H,3-7,13H2,1-2H3,(H,20,21). The van der Waals surface area contributed by atoms with Gasteiger partial charge in [0.05, 0.1) is 0 Å². The number of benzene rings is 1. The van der Waals surface area contributed by atoms with E-state index in [-0.39, 0.29) is 0 Å². The molecule has 0 aliphatic heterocycles. The molecular weight excluding hydrogens is 262 g/mol. The average molecular weight is 287 g/mol. The van der Waals surface area contributed by atoms with Crippen molar-refractivity contribution in [2.24, 2.45) is 5.92 Å². The van der Waals surface area contributed by atoms with E-state index in [1.807, 2.05) is 12.1 Å². The van der Waals surface area contributed by atoms with Gasteiger partial charge in [-0.15, -0.1) is 0 Å². The van der Waals surface area contributed by atoms with Gasteiger partial charge in [0.2, 0.25) is 0 Å². The lowest BCUT2D eigenvalue weighted by atomic mass is 9.89. The minimum Gasteiger partial charge on any atom is -0.478 e. The van der Waals surface area contributed by atoms with Crippen molar-refractivity contribution in [3.8, 4) is 0 Å². The monoisotopic (exact) mass is 287 g/mol. The van der Waals surface area contributed by atoms with Crippen molar-refractivity contribution < 1.29 is 9.90 Å². The maximum atomic E-state index is 10.6. The van der Waals surface area contributed by atoms with Gasteiger partial charge in [0.15, 0.2) is 0 Å². The Morgan fingerprint density at radius 3 is 2.67 bits per heavy atom. The lowest BCUT2D eigenvalue weighted by molar-refractivity contribution is -0.131. The number of hydrogen-bond donors (Lipinski definition) is 1. The summed E-state index contributed by atoms with van der Waals surface area (Å²) >= 11 is 0. The van der Waals surface area contributed by atoms with Gasteiger partial charge in [-0.3, -0.25) is 0 Å². The van der Waals surface area contributed by atoms with Crippen LogP contribution in [0.3, 0.4) is 0 Å². The Hall–Kier alpha value is -1.77. The zero-order chi connectivity index (χ0) is 15.2. The second-order valence-corrected chi connectivity index (χ2v) is 6.10. The van der Waals surface area contributed by atoms with Crippen molar-refractivity contribution in [3.63, 3.8) is 0 Å². The van der Waals surface area contributed by atoms with Gasteiger partial charge in [-0.25, -0.2) is 4.79 Å². The number of hydrogen-bond acceptors (Lipinski definition) is 2. The van der Waals surface area contributed by atoms with E-state index < -0.39 is 5.97 Å². The molecule has 0 aromatic heterocycles. The van der Waals surface area contributed by atoms with Crippen molar-refractivity contribution in [1.29, 1.82) is 0 Å². The Morgan fingerprint density at radius 2 is 2.05 bits per heavy atom. The van der Waals surface area contributed by atoms with Crippen molar-refractivity contribution in [2.45, 2.75) is 39.0 Å². The quantitative estimate of drug-likeness (QED) is 0.829. The zero-order valence-corrected chi connectivity index (χ0v) is 13.0. The second kappa shape index (κ2) is 7.30. The number of rotatable bonds is 5. The molecule has 0 bridgehead atoms. The molecule has 0 atom stereocenters. The van der Waals surface area contributed by atoms with Crippen molar-refractivity contribution >= 4 is 17.7 Å². The largest absolute Gasteiger partial charge is 0.478 e. The molecule has 0 radical (unpaired) electrons. The third kappa shape index (κ3) is 4.62. The molecule has 1 N–H and O–H groups in total. The SMILES string of the molecule is Cc1cc(C=CC(=O)O)ccc1N(C)CC1CCCCC1. The molecule has 1 aromatic carbocycles. The molecule has 1 aromatic rings. The molecule has 0 amide bonds. The van der Waals surface area contributed by atoms with Gasteiger partial charge in [-0.2, -0.15) is 0 Å². The van der Waals surface area contributed by atoms with Gasteiger partial charge in [0, 0.05) is 25.4 Å². The van der Waals surface area contributed by atoms with Crippen LogP contribution in [0.1, 0.15) is 43.2 Å². The summed E-state index contributed by atoms with van der Waals surface area (Å²) in [6.45, 7) is 3.20. The summed E-state index contributed by atoms with van der Waals surface area (Å²) in [5.41, 5.74) is 3.37. The van der Waals surface area contributed by atoms with E-state index >= 15 is 0 Å². The van der Waals surface area contributed by atoms with Crippen LogP contribution in [0, 0.1) is 12.8 Å². The molecule has 2 rings (SSSR count). The first-order chi connectivity index (χ1) is 10.1. The number of carbonyl (C=O) groups is 1. The first kappa shape index (κ1) is 15.6. The van der Waals surface area contributed by atoms with Crippen LogP contribution in [0.25, 0.3) is 6.08 Å². The van der Waals surface area contributed by atoms with Crippen LogP contribution < -0.4 is 4.90 Å². The fourth-order valence-corrected chi connectivity index (χ4v) is 3.23. The van der Waals surface area contributed by atoms with Crippen LogP contribution in [0.15, 0.2) is 24.3 Å². The summed E-state index contributed by atoms with van der Waals surface area (Å²) in [4.78, 5) is 12.9. The molecule has 0 spiro atoms. The molecule has 21 heavy (non-hydrogen) atoms. The molecule has 1 fully saturated rings. The summed E-state index contributed by atoms with van der Waals surface area (Å²) in [5.74, 6) is -0.0964. The third-order valence-corrected chi connectivity index (χ3v) is 4.31. The van der Waals surface area contributed by atoms with Crippen molar-refractivity contribution in [2.75, 3.05) is 18.5 Å². The fourth-order valence-electron chi connectivity index (χ4n) is 3.23. The molecule has 0 heterocycles. The second-order valence-electron chi connectivity index (χ2n) is 6.10. The van der Waals surface area contributed by atoms with Crippen molar-refractivity contribution in [3.05, 3.63) is 35.4 Å². The van der Waals surface area contributed by atoms with Gasteiger partial charge in [-0.05, 0) is 55.0 Å². The molecule has 0 saturated heterocycles. The van der Waals surface area contributed by atoms with Crippen LogP contribution in [-0.4, -0.2) is 24.7 Å². The number of carboxylic acid groups (broad SMARTS) is 1. The molecule has 114 valence electrons. The maximum Gasteiger partial charge on any atom is 0.328 e. The first-order valence-electron chi connectivity index (χ1n) is 7.79. The normalized spacial score (nSPS) is 16.3. The van der Waals surface area contributed by atoms with E-state index in [0.717, 1.165) is 18.0 Å². The predicted octanol–water partition coefficient (Wildman–Crippen LogP) is 4.11. The van der Waals surface area contributed by atoms with Gasteiger partial charge in [-0.1, -0.05) is 25.3 Å². The molecule has 3 heteroatoms. The Labute approximate surface area is 127 Å². The highest BCUT2D eigenvalue weighted by Gasteiger charge is 2.16. The summed E-state index contributed by atoms with van der Waals surface area (Å²) < 4.78 is 0. The zero-order valence-electron chi connectivity index (χ0n) is 13.0. The van der Waals surface area contributed by atoms with Crippen LogP contribution in [0.2, 0.25) is 0 Å². The minimum atomic E-state index is -0.911. The topological polar surface area (TPSA) is 40.5 Å². The van der Waals surface area contributed by atoms with Crippen LogP contribution in [0.4, 0.5) is 5.69 Å². The van der Waals surface area contributed by atoms with Crippen LogP contribution in [0.5, 0.6) is 0 Å². The average Bonchev–Trinajstić information content (AvgIpc) is 2.46. The highest BCUT2D eigenvalue weighted by Crippen LogP contribution is 2.27. The van der Waals surface area contributed by atoms with Crippen LogP contribution in [-0.2, 0) is 4.79 Å². The molecule has 1 aliphatic carbocycles. The van der Waals surface area contributed by atoms with E-state index in [0.29, 0.717) is 0 Å². The Kier molecular flexibility index (Phi) is 5.43. The summed E-state index contributed by atoms with van der Waals surface area (Å²) in [5, 5.41) is 8.67. The van der Waals surface area contributed by atoms with Gasteiger partial charge in [0.25, 0.3) is 0 Å². The number of aryl methyl sites for hydroxylation is 1. The lowest BCUT2D eigenvalue weighted by Crippen LogP contribution is -2.27. The smallest absolute Gasteiger partial charge is 0.328 e. The van der Waals surface area contributed by atoms with E-state index in [4.69, 9.17) is 5.11 Å². The van der Waals surface area contributed by atoms with E-state index in [2.05, 4.69) is 24.9 Å². The Morgan fingerprint density at radius 1 is 1.33 bits per heavy atom. The van der Waals surface area contributed by atoms with E-state index in [9.17, 15) is 4.79 Å². The highest BCUT2D eigenvalue weighted by molar-refractivity contribution is 5.85. The van der Waals surface area contributed by atoms with Gasteiger partial charge < -0.3 is 10.0 Å². The summed E-state index contributed by atoms with van der Waals surface area (Å²) in [6, 6.07) is 6.13. The number of nitrogens with zero attached hydrogens (tertiary/aromatic N) is 1. The number of anilines is 1. The van der Waals surface area contributed by atoms with Gasteiger partial charge in [0.1, 0.15) is 0 Å². The van der Waals surface area contributed by atoms with E-state index in [1.54, 1.807) is 6.08 Å². The first-order valence-corrected chi connectivity index (χ1v) is 7.79. The Balaban J connectivity index is 2.03. The fraction of sp³-hybridized carbons (Fsp3) is 0.500. The van der Waals surface area contributed by atoms with Crippen molar-refractivity contribution in [1.82, 2.24) is 0 Å². The highest BCUT2D eigenvalue weighted by atomic mass is 16.4. The molecule has 3 nitrogen and oxygen atoms in total. The number of aliphatic carboxylic acids is 1. The third-order valence-electron chi connectivity index (χ3n) is 4.31. The molecule has 1 aliphatic rings. The Bertz CT molecular complexity index is 516. The molecular formula is C18H25NO2. The maximum absolute atomic E-state index is 10.6. The summed E-state index contributed by atoms with van der Waals surface area (Å²) in [6.07, 6.45) is 9.66. The summed E-state index contributed by atoms with van der Waals surface area (Å²) in [7, 11) is 2.16. The van der Waals surface area contributed by atoms with Gasteiger partial charge >= 0.3 is 5.97 Å². The minimum absolute atomic E-state index is 0.815. The van der Waals surface area contributed by atoms with E-state index in [1.165, 1.54) is 49.4 Å².